The summed E-state index contributed by atoms with van der Waals surface area (Å²) >= 11 is 0. The van der Waals surface area contributed by atoms with Gasteiger partial charge in [-0.3, -0.25) is 0 Å². The monoisotopic (exact) mass is 225 g/mol. The number of rotatable bonds is 1. The minimum absolute atomic E-state index is 0.199. The lowest BCUT2D eigenvalue weighted by atomic mass is 9.89. The molecule has 0 saturated carbocycles. The number of carbonyl (C=O) groups is 1. The van der Waals surface area contributed by atoms with Crippen molar-refractivity contribution in [2.45, 2.75) is 32.0 Å². The first-order chi connectivity index (χ1) is 6.73. The first kappa shape index (κ1) is 12.3. The molecule has 2 atom stereocenters. The first-order valence-electron chi connectivity index (χ1n) is 4.74. The number of alkyl halides is 3. The molecule has 0 aliphatic carbocycles. The van der Waals surface area contributed by atoms with E-state index in [1.54, 1.807) is 0 Å². The highest BCUT2D eigenvalue weighted by Crippen LogP contribution is 2.27. The molecular formula is C9H14F3NO2. The second-order valence-electron chi connectivity index (χ2n) is 4.28. The second-order valence-corrected chi connectivity index (χ2v) is 4.28. The van der Waals surface area contributed by atoms with Crippen LogP contribution in [0.5, 0.6) is 0 Å². The van der Waals surface area contributed by atoms with Crippen molar-refractivity contribution in [2.75, 3.05) is 13.1 Å². The van der Waals surface area contributed by atoms with Crippen LogP contribution in [0, 0.1) is 5.92 Å². The molecule has 0 aromatic carbocycles. The Kier molecular flexibility index (Phi) is 3.28. The van der Waals surface area contributed by atoms with Gasteiger partial charge in [0.2, 0.25) is 0 Å². The molecule has 0 radical (unpaired) electrons. The zero-order valence-corrected chi connectivity index (χ0v) is 8.65. The molecule has 15 heavy (non-hydrogen) atoms. The Morgan fingerprint density at radius 1 is 1.53 bits per heavy atom. The lowest BCUT2D eigenvalue weighted by Crippen LogP contribution is -2.51. The van der Waals surface area contributed by atoms with Gasteiger partial charge in [-0.05, 0) is 25.8 Å². The lowest BCUT2D eigenvalue weighted by Gasteiger charge is -2.37. The van der Waals surface area contributed by atoms with Gasteiger partial charge in [0.15, 0.2) is 0 Å². The third kappa shape index (κ3) is 3.37. The minimum Gasteiger partial charge on any atom is -0.451 e. The Hall–Kier alpha value is -0.780. The van der Waals surface area contributed by atoms with Gasteiger partial charge < -0.3 is 10.1 Å². The van der Waals surface area contributed by atoms with Crippen LogP contribution in [0.4, 0.5) is 13.2 Å². The van der Waals surface area contributed by atoms with Crippen LogP contribution in [0.25, 0.3) is 0 Å². The smallest absolute Gasteiger partial charge is 0.451 e. The summed E-state index contributed by atoms with van der Waals surface area (Å²) in [6, 6.07) is 0. The summed E-state index contributed by atoms with van der Waals surface area (Å²) in [7, 11) is 0. The van der Waals surface area contributed by atoms with E-state index in [0.29, 0.717) is 6.42 Å². The van der Waals surface area contributed by atoms with Crippen molar-refractivity contribution >= 4 is 5.97 Å². The van der Waals surface area contributed by atoms with Gasteiger partial charge in [0.25, 0.3) is 0 Å². The first-order valence-corrected chi connectivity index (χ1v) is 4.74. The van der Waals surface area contributed by atoms with E-state index in [-0.39, 0.29) is 12.5 Å². The lowest BCUT2D eigenvalue weighted by molar-refractivity contribution is -0.214. The van der Waals surface area contributed by atoms with E-state index < -0.39 is 17.7 Å². The maximum Gasteiger partial charge on any atom is 0.490 e. The van der Waals surface area contributed by atoms with Crippen molar-refractivity contribution in [2.24, 2.45) is 5.92 Å². The van der Waals surface area contributed by atoms with Gasteiger partial charge in [-0.15, -0.1) is 0 Å². The predicted molar refractivity (Wildman–Crippen MR) is 47.2 cm³/mol. The molecule has 6 heteroatoms. The predicted octanol–water partition coefficient (Wildman–Crippen LogP) is 1.48. The van der Waals surface area contributed by atoms with Gasteiger partial charge >= 0.3 is 12.1 Å². The molecule has 1 N–H and O–H groups in total. The Balaban J connectivity index is 2.60. The van der Waals surface area contributed by atoms with Crippen molar-refractivity contribution in [3.63, 3.8) is 0 Å². The summed E-state index contributed by atoms with van der Waals surface area (Å²) in [5.41, 5.74) is -1.05. The maximum absolute atomic E-state index is 12.0. The molecule has 0 spiro atoms. The third-order valence-corrected chi connectivity index (χ3v) is 2.34. The third-order valence-electron chi connectivity index (χ3n) is 2.34. The Morgan fingerprint density at radius 2 is 2.13 bits per heavy atom. The largest absolute Gasteiger partial charge is 0.490 e. The van der Waals surface area contributed by atoms with Crippen LogP contribution in [0.3, 0.4) is 0 Å². The summed E-state index contributed by atoms with van der Waals surface area (Å²) in [4.78, 5) is 10.7. The SMILES string of the molecule is C[C@@H]1CNCC(C)(OC(=O)C(F)(F)F)C1. The normalized spacial score (nSPS) is 32.5. The topological polar surface area (TPSA) is 38.3 Å². The van der Waals surface area contributed by atoms with E-state index in [1.807, 2.05) is 6.92 Å². The average Bonchev–Trinajstić information content (AvgIpc) is 2.00. The van der Waals surface area contributed by atoms with Crippen molar-refractivity contribution < 1.29 is 22.7 Å². The van der Waals surface area contributed by atoms with Gasteiger partial charge in [-0.25, -0.2) is 4.79 Å². The van der Waals surface area contributed by atoms with E-state index in [2.05, 4.69) is 10.1 Å². The van der Waals surface area contributed by atoms with E-state index in [9.17, 15) is 18.0 Å². The Morgan fingerprint density at radius 3 is 2.60 bits per heavy atom. The van der Waals surface area contributed by atoms with Crippen LogP contribution < -0.4 is 5.32 Å². The molecule has 3 nitrogen and oxygen atoms in total. The molecule has 0 amide bonds. The number of hydrogen-bond acceptors (Lipinski definition) is 3. The number of nitrogens with one attached hydrogen (secondary N) is 1. The molecule has 0 aromatic rings. The fourth-order valence-corrected chi connectivity index (χ4v) is 1.82. The highest BCUT2D eigenvalue weighted by molar-refractivity contribution is 5.76. The van der Waals surface area contributed by atoms with Crippen LogP contribution in [-0.4, -0.2) is 30.8 Å². The molecule has 88 valence electrons. The second kappa shape index (κ2) is 4.00. The minimum atomic E-state index is -4.91. The number of piperidine rings is 1. The highest BCUT2D eigenvalue weighted by Gasteiger charge is 2.45. The fraction of sp³-hybridized carbons (Fsp3) is 0.889. The van der Waals surface area contributed by atoms with E-state index in [1.165, 1.54) is 6.92 Å². The van der Waals surface area contributed by atoms with E-state index >= 15 is 0 Å². The Labute approximate surface area is 86.0 Å². The van der Waals surface area contributed by atoms with Crippen LogP contribution in [0.15, 0.2) is 0 Å². The molecule has 1 aliphatic heterocycles. The molecule has 1 saturated heterocycles. The summed E-state index contributed by atoms with van der Waals surface area (Å²) in [5.74, 6) is -1.91. The van der Waals surface area contributed by atoms with E-state index in [4.69, 9.17) is 0 Å². The van der Waals surface area contributed by atoms with Crippen LogP contribution >= 0.6 is 0 Å². The van der Waals surface area contributed by atoms with Gasteiger partial charge in [-0.2, -0.15) is 13.2 Å². The molecule has 1 aliphatic rings. The average molecular weight is 225 g/mol. The van der Waals surface area contributed by atoms with Gasteiger partial charge in [-0.1, -0.05) is 6.92 Å². The molecule has 1 rings (SSSR count). The standard InChI is InChI=1S/C9H14F3NO2/c1-6-3-8(2,5-13-4-6)15-7(14)9(10,11)12/h6,13H,3-5H2,1-2H3/t6-,8?/m0/s1. The molecule has 0 bridgehead atoms. The summed E-state index contributed by atoms with van der Waals surface area (Å²) in [6.45, 7) is 4.41. The number of esters is 1. The number of carbonyl (C=O) groups excluding carboxylic acids is 1. The Bertz CT molecular complexity index is 254. The summed E-state index contributed by atoms with van der Waals surface area (Å²) in [6.07, 6.45) is -4.47. The quantitative estimate of drug-likeness (QED) is 0.687. The van der Waals surface area contributed by atoms with E-state index in [0.717, 1.165) is 6.54 Å². The molecule has 1 heterocycles. The fourth-order valence-electron chi connectivity index (χ4n) is 1.82. The summed E-state index contributed by atoms with van der Waals surface area (Å²) in [5, 5.41) is 2.94. The van der Waals surface area contributed by atoms with Crippen LogP contribution in [-0.2, 0) is 9.53 Å². The van der Waals surface area contributed by atoms with Crippen molar-refractivity contribution in [3.05, 3.63) is 0 Å². The van der Waals surface area contributed by atoms with Crippen LogP contribution in [0.2, 0.25) is 0 Å². The van der Waals surface area contributed by atoms with Gasteiger partial charge in [0, 0.05) is 6.54 Å². The maximum atomic E-state index is 12.0. The van der Waals surface area contributed by atoms with Crippen molar-refractivity contribution in [3.8, 4) is 0 Å². The molecule has 0 aromatic heterocycles. The van der Waals surface area contributed by atoms with Crippen molar-refractivity contribution in [1.29, 1.82) is 0 Å². The zero-order valence-electron chi connectivity index (χ0n) is 8.65. The zero-order chi connectivity index (χ0) is 11.7. The number of halogens is 3. The van der Waals surface area contributed by atoms with Crippen molar-refractivity contribution in [1.82, 2.24) is 5.32 Å². The molecular weight excluding hydrogens is 211 g/mol. The highest BCUT2D eigenvalue weighted by atomic mass is 19.4. The molecule has 1 fully saturated rings. The van der Waals surface area contributed by atoms with Gasteiger partial charge in [0.1, 0.15) is 5.60 Å². The summed E-state index contributed by atoms with van der Waals surface area (Å²) < 4.78 is 40.4. The number of ether oxygens (including phenoxy) is 1. The molecule has 1 unspecified atom stereocenters. The van der Waals surface area contributed by atoms with Crippen LogP contribution in [0.1, 0.15) is 20.3 Å². The van der Waals surface area contributed by atoms with Gasteiger partial charge in [0.05, 0.1) is 0 Å². The number of hydrogen-bond donors (Lipinski definition) is 1.